The number of aromatic nitrogens is 3. The van der Waals surface area contributed by atoms with E-state index >= 15 is 0 Å². The molecule has 4 rings (SSSR count). The van der Waals surface area contributed by atoms with Gasteiger partial charge in [0.1, 0.15) is 6.54 Å². The van der Waals surface area contributed by atoms with E-state index in [0.29, 0.717) is 24.0 Å². The molecule has 0 N–H and O–H groups in total. The second kappa shape index (κ2) is 7.58. The van der Waals surface area contributed by atoms with Crippen molar-refractivity contribution in [2.24, 2.45) is 0 Å². The van der Waals surface area contributed by atoms with Crippen LogP contribution in [0.25, 0.3) is 10.9 Å². The molecule has 0 aliphatic carbocycles. The zero-order valence-electron chi connectivity index (χ0n) is 15.2. The van der Waals surface area contributed by atoms with Gasteiger partial charge in [0.15, 0.2) is 0 Å². The summed E-state index contributed by atoms with van der Waals surface area (Å²) in [5, 5.41) is 7.92. The van der Waals surface area contributed by atoms with E-state index in [4.69, 9.17) is 0 Å². The van der Waals surface area contributed by atoms with Crippen LogP contribution >= 0.6 is 11.3 Å². The van der Waals surface area contributed by atoms with Crippen molar-refractivity contribution in [2.45, 2.75) is 20.0 Å². The molecule has 7 nitrogen and oxygen atoms in total. The largest absolute Gasteiger partial charge is 0.339 e. The molecule has 0 radical (unpaired) electrons. The van der Waals surface area contributed by atoms with Gasteiger partial charge in [0, 0.05) is 43.5 Å². The fraction of sp³-hybridized carbons (Fsp3) is 0.368. The number of piperazine rings is 1. The van der Waals surface area contributed by atoms with E-state index < -0.39 is 0 Å². The average molecular weight is 383 g/mol. The fourth-order valence-corrected chi connectivity index (χ4v) is 3.98. The van der Waals surface area contributed by atoms with Crippen molar-refractivity contribution in [3.05, 3.63) is 56.8 Å². The highest BCUT2D eigenvalue weighted by molar-refractivity contribution is 7.09. The topological polar surface area (TPSA) is 71.3 Å². The first-order valence-electron chi connectivity index (χ1n) is 8.96. The standard InChI is InChI=1S/C19H21N5O2S/c1-14-21-15(13-27-14)11-22-6-8-23(9-7-22)19(26)12-24-17-5-3-2-4-16(17)18(25)10-20-24/h2-5,10,13H,6-9,11-12H2,1H3. The van der Waals surface area contributed by atoms with Crippen molar-refractivity contribution in [3.8, 4) is 0 Å². The summed E-state index contributed by atoms with van der Waals surface area (Å²) in [5.41, 5.74) is 1.66. The second-order valence-electron chi connectivity index (χ2n) is 6.70. The van der Waals surface area contributed by atoms with E-state index in [2.05, 4.69) is 20.4 Å². The van der Waals surface area contributed by atoms with Gasteiger partial charge in [-0.1, -0.05) is 12.1 Å². The number of carbonyl (C=O) groups excluding carboxylic acids is 1. The number of benzene rings is 1. The molecular formula is C19H21N5O2S. The number of carbonyl (C=O) groups is 1. The molecule has 3 aromatic rings. The minimum absolute atomic E-state index is 0.0282. The third-order valence-electron chi connectivity index (χ3n) is 4.82. The third-order valence-corrected chi connectivity index (χ3v) is 5.65. The molecule has 1 aromatic carbocycles. The molecule has 2 aromatic heterocycles. The van der Waals surface area contributed by atoms with Gasteiger partial charge in [-0.3, -0.25) is 19.2 Å². The zero-order valence-corrected chi connectivity index (χ0v) is 16.0. The van der Waals surface area contributed by atoms with Gasteiger partial charge < -0.3 is 4.90 Å². The van der Waals surface area contributed by atoms with Crippen molar-refractivity contribution < 1.29 is 4.79 Å². The predicted molar refractivity (Wildman–Crippen MR) is 105 cm³/mol. The second-order valence-corrected chi connectivity index (χ2v) is 7.76. The predicted octanol–water partition coefficient (Wildman–Crippen LogP) is 1.51. The molecule has 0 bridgehead atoms. The van der Waals surface area contributed by atoms with Gasteiger partial charge in [-0.05, 0) is 19.1 Å². The Morgan fingerprint density at radius 2 is 1.96 bits per heavy atom. The Bertz CT molecular complexity index is 1020. The number of nitrogens with zero attached hydrogens (tertiary/aromatic N) is 5. The van der Waals surface area contributed by atoms with Crippen LogP contribution in [0.3, 0.4) is 0 Å². The van der Waals surface area contributed by atoms with E-state index in [9.17, 15) is 9.59 Å². The first-order valence-corrected chi connectivity index (χ1v) is 9.84. The molecule has 3 heterocycles. The molecular weight excluding hydrogens is 362 g/mol. The molecule has 1 amide bonds. The number of thiazole rings is 1. The van der Waals surface area contributed by atoms with Crippen LogP contribution in [0, 0.1) is 6.92 Å². The smallest absolute Gasteiger partial charge is 0.244 e. The Kier molecular flexibility index (Phi) is 5.00. The molecule has 1 saturated heterocycles. The minimum atomic E-state index is -0.125. The number of hydrogen-bond donors (Lipinski definition) is 0. The van der Waals surface area contributed by atoms with E-state index in [1.807, 2.05) is 30.0 Å². The Hall–Kier alpha value is -2.58. The van der Waals surface area contributed by atoms with Gasteiger partial charge in [0.2, 0.25) is 11.3 Å². The van der Waals surface area contributed by atoms with E-state index in [-0.39, 0.29) is 17.9 Å². The van der Waals surface area contributed by atoms with Crippen molar-refractivity contribution in [2.75, 3.05) is 26.2 Å². The number of amides is 1. The molecule has 8 heteroatoms. The highest BCUT2D eigenvalue weighted by Gasteiger charge is 2.22. The van der Waals surface area contributed by atoms with Crippen LogP contribution in [0.5, 0.6) is 0 Å². The summed E-state index contributed by atoms with van der Waals surface area (Å²) >= 11 is 1.67. The summed E-state index contributed by atoms with van der Waals surface area (Å²) in [4.78, 5) is 33.4. The summed E-state index contributed by atoms with van der Waals surface area (Å²) in [6.07, 6.45) is 1.28. The maximum atomic E-state index is 12.7. The summed E-state index contributed by atoms with van der Waals surface area (Å²) in [6.45, 7) is 6.05. The van der Waals surface area contributed by atoms with E-state index in [1.54, 1.807) is 22.1 Å². The molecule has 0 unspecified atom stereocenters. The number of para-hydroxylation sites is 1. The quantitative estimate of drug-likeness (QED) is 0.683. The van der Waals surface area contributed by atoms with Gasteiger partial charge in [-0.25, -0.2) is 4.98 Å². The normalized spacial score (nSPS) is 15.4. The number of fused-ring (bicyclic) bond motifs is 1. The van der Waals surface area contributed by atoms with Crippen LogP contribution in [-0.4, -0.2) is 56.7 Å². The third kappa shape index (κ3) is 3.91. The lowest BCUT2D eigenvalue weighted by Gasteiger charge is -2.34. The minimum Gasteiger partial charge on any atom is -0.339 e. The van der Waals surface area contributed by atoms with Gasteiger partial charge in [0.05, 0.1) is 22.4 Å². The number of aryl methyl sites for hydroxylation is 1. The molecule has 0 spiro atoms. The van der Waals surface area contributed by atoms with Gasteiger partial charge >= 0.3 is 0 Å². The van der Waals surface area contributed by atoms with E-state index in [0.717, 1.165) is 30.3 Å². The highest BCUT2D eigenvalue weighted by atomic mass is 32.1. The average Bonchev–Trinajstić information content (AvgIpc) is 3.09. The SMILES string of the molecule is Cc1nc(CN2CCN(C(=O)Cn3ncc(=O)c4ccccc43)CC2)cs1. The molecule has 27 heavy (non-hydrogen) atoms. The molecule has 0 saturated carbocycles. The number of hydrogen-bond acceptors (Lipinski definition) is 6. The Balaban J connectivity index is 1.39. The molecule has 1 aliphatic rings. The number of rotatable bonds is 4. The lowest BCUT2D eigenvalue weighted by molar-refractivity contribution is -0.133. The highest BCUT2D eigenvalue weighted by Crippen LogP contribution is 2.13. The molecule has 140 valence electrons. The summed E-state index contributed by atoms with van der Waals surface area (Å²) in [6, 6.07) is 7.26. The monoisotopic (exact) mass is 383 g/mol. The summed E-state index contributed by atoms with van der Waals surface area (Å²) in [7, 11) is 0. The van der Waals surface area contributed by atoms with Crippen LogP contribution in [-0.2, 0) is 17.9 Å². The summed E-state index contributed by atoms with van der Waals surface area (Å²) in [5.74, 6) is 0.0282. The van der Waals surface area contributed by atoms with Crippen molar-refractivity contribution in [1.82, 2.24) is 24.6 Å². The van der Waals surface area contributed by atoms with Crippen molar-refractivity contribution in [3.63, 3.8) is 0 Å². The van der Waals surface area contributed by atoms with Crippen LogP contribution in [0.1, 0.15) is 10.7 Å². The van der Waals surface area contributed by atoms with Crippen LogP contribution < -0.4 is 5.43 Å². The Morgan fingerprint density at radius 1 is 1.19 bits per heavy atom. The Morgan fingerprint density at radius 3 is 2.70 bits per heavy atom. The van der Waals surface area contributed by atoms with E-state index in [1.165, 1.54) is 6.20 Å². The van der Waals surface area contributed by atoms with Gasteiger partial charge in [-0.2, -0.15) is 5.10 Å². The van der Waals surface area contributed by atoms with Crippen molar-refractivity contribution >= 4 is 28.1 Å². The fourth-order valence-electron chi connectivity index (χ4n) is 3.38. The maximum absolute atomic E-state index is 12.7. The molecule has 0 atom stereocenters. The first kappa shape index (κ1) is 17.8. The van der Waals surface area contributed by atoms with Crippen LogP contribution in [0.2, 0.25) is 0 Å². The molecule has 1 fully saturated rings. The van der Waals surface area contributed by atoms with Gasteiger partial charge in [0.25, 0.3) is 0 Å². The summed E-state index contributed by atoms with van der Waals surface area (Å²) < 4.78 is 1.61. The maximum Gasteiger partial charge on any atom is 0.244 e. The lowest BCUT2D eigenvalue weighted by Crippen LogP contribution is -2.49. The van der Waals surface area contributed by atoms with Crippen molar-refractivity contribution in [1.29, 1.82) is 0 Å². The molecule has 1 aliphatic heterocycles. The van der Waals surface area contributed by atoms with Crippen LogP contribution in [0.4, 0.5) is 0 Å². The van der Waals surface area contributed by atoms with Gasteiger partial charge in [-0.15, -0.1) is 11.3 Å². The van der Waals surface area contributed by atoms with Crippen LogP contribution in [0.15, 0.2) is 40.6 Å². The Labute approximate surface area is 160 Å². The lowest BCUT2D eigenvalue weighted by atomic mass is 10.2. The first-order chi connectivity index (χ1) is 13.1. The zero-order chi connectivity index (χ0) is 18.8.